The van der Waals surface area contributed by atoms with Gasteiger partial charge in [-0.05, 0) is 11.8 Å². The number of aliphatic carboxylic acids is 2. The van der Waals surface area contributed by atoms with Gasteiger partial charge >= 0.3 is 24.0 Å². The zero-order chi connectivity index (χ0) is 21.4. The smallest absolute Gasteiger partial charge is 0.326 e. The predicted octanol–water partition coefficient (Wildman–Crippen LogP) is 1.02. The zero-order valence-corrected chi connectivity index (χ0v) is 17.0. The van der Waals surface area contributed by atoms with Crippen molar-refractivity contribution in [1.29, 1.82) is 0 Å². The first kappa shape index (κ1) is 23.5. The van der Waals surface area contributed by atoms with Gasteiger partial charge in [-0.2, -0.15) is 0 Å². The summed E-state index contributed by atoms with van der Waals surface area (Å²) in [5.74, 6) is -2.57. The van der Waals surface area contributed by atoms with Crippen LogP contribution in [0.25, 0.3) is 0 Å². The lowest BCUT2D eigenvalue weighted by Crippen LogP contribution is -2.59. The Labute approximate surface area is 165 Å². The second-order valence-electron chi connectivity index (χ2n) is 7.28. The van der Waals surface area contributed by atoms with Gasteiger partial charge in [-0.25, -0.2) is 19.2 Å². The van der Waals surface area contributed by atoms with Crippen LogP contribution in [0.5, 0.6) is 0 Å². The summed E-state index contributed by atoms with van der Waals surface area (Å²) in [5, 5.41) is 23.7. The van der Waals surface area contributed by atoms with Crippen LogP contribution in [0.1, 0.15) is 40.5 Å². The average molecular weight is 400 g/mol. The summed E-state index contributed by atoms with van der Waals surface area (Å²) in [6.45, 7) is 8.21. The first-order chi connectivity index (χ1) is 13.1. The number of nitrogens with zero attached hydrogens (tertiary/aromatic N) is 2. The molecule has 0 aromatic rings. The van der Waals surface area contributed by atoms with Crippen molar-refractivity contribution in [3.63, 3.8) is 0 Å². The fourth-order valence-corrected chi connectivity index (χ4v) is 2.93. The third-order valence-corrected chi connectivity index (χ3v) is 5.37. The number of hydrogen-bond acceptors (Lipinski definition) is 4. The van der Waals surface area contributed by atoms with Crippen LogP contribution < -0.4 is 10.6 Å². The van der Waals surface area contributed by atoms with Gasteiger partial charge in [0, 0.05) is 26.2 Å². The Balaban J connectivity index is 2.59. The molecule has 4 N–H and O–H groups in total. The molecule has 160 valence electrons. The standard InChI is InChI=1S/C18H32N4O6/c1-5-11(3)13(15(23)24)19-17(27)21-7-9-22(10-8-21)18(28)20-14(16(25)26)12(4)6-2/h11-14H,5-10H2,1-4H3,(H,19,27)(H,20,28)(H,23,24)(H,25,26)/t11?,12?,13-,14-/m1/s1. The second kappa shape index (κ2) is 10.7. The van der Waals surface area contributed by atoms with Gasteiger partial charge in [0.15, 0.2) is 0 Å². The fraction of sp³-hybridized carbons (Fsp3) is 0.778. The Kier molecular flexibility index (Phi) is 9.01. The van der Waals surface area contributed by atoms with Gasteiger partial charge in [0.1, 0.15) is 12.1 Å². The van der Waals surface area contributed by atoms with Gasteiger partial charge in [-0.3, -0.25) is 0 Å². The summed E-state index contributed by atoms with van der Waals surface area (Å²) in [6, 6.07) is -2.89. The van der Waals surface area contributed by atoms with Crippen LogP contribution in [0.2, 0.25) is 0 Å². The minimum absolute atomic E-state index is 0.206. The number of amides is 4. The van der Waals surface area contributed by atoms with E-state index in [0.29, 0.717) is 12.8 Å². The summed E-state index contributed by atoms with van der Waals surface area (Å²) >= 11 is 0. The number of hydrogen-bond donors (Lipinski definition) is 4. The molecule has 10 nitrogen and oxygen atoms in total. The fourth-order valence-electron chi connectivity index (χ4n) is 2.93. The van der Waals surface area contributed by atoms with Gasteiger partial charge < -0.3 is 30.6 Å². The summed E-state index contributed by atoms with van der Waals surface area (Å²) in [7, 11) is 0. The molecule has 2 unspecified atom stereocenters. The Morgan fingerprint density at radius 2 is 1.04 bits per heavy atom. The van der Waals surface area contributed by atoms with Gasteiger partial charge in [-0.1, -0.05) is 40.5 Å². The molecular weight excluding hydrogens is 368 g/mol. The molecule has 4 amide bonds. The molecule has 0 bridgehead atoms. The van der Waals surface area contributed by atoms with Gasteiger partial charge in [0.25, 0.3) is 0 Å². The molecule has 10 heteroatoms. The number of carbonyl (C=O) groups is 4. The van der Waals surface area contributed by atoms with Crippen LogP contribution in [-0.4, -0.2) is 82.3 Å². The molecule has 0 saturated carbocycles. The quantitative estimate of drug-likeness (QED) is 0.480. The largest absolute Gasteiger partial charge is 0.480 e. The van der Waals surface area contributed by atoms with Crippen LogP contribution >= 0.6 is 0 Å². The third kappa shape index (κ3) is 6.28. The number of carbonyl (C=O) groups excluding carboxylic acids is 2. The van der Waals surface area contributed by atoms with E-state index in [9.17, 15) is 29.4 Å². The lowest BCUT2D eigenvalue weighted by atomic mass is 9.99. The maximum atomic E-state index is 12.4. The number of piperazine rings is 1. The van der Waals surface area contributed by atoms with Crippen molar-refractivity contribution in [3.8, 4) is 0 Å². The van der Waals surface area contributed by atoms with Crippen LogP contribution in [0.3, 0.4) is 0 Å². The molecule has 0 spiro atoms. The van der Waals surface area contributed by atoms with E-state index in [-0.39, 0.29) is 38.0 Å². The zero-order valence-electron chi connectivity index (χ0n) is 17.0. The molecule has 0 aliphatic carbocycles. The van der Waals surface area contributed by atoms with E-state index < -0.39 is 36.1 Å². The van der Waals surface area contributed by atoms with E-state index in [4.69, 9.17) is 0 Å². The van der Waals surface area contributed by atoms with Crippen molar-refractivity contribution in [3.05, 3.63) is 0 Å². The van der Waals surface area contributed by atoms with Gasteiger partial charge in [-0.15, -0.1) is 0 Å². The van der Waals surface area contributed by atoms with Crippen molar-refractivity contribution in [1.82, 2.24) is 20.4 Å². The highest BCUT2D eigenvalue weighted by Crippen LogP contribution is 2.11. The highest BCUT2D eigenvalue weighted by Gasteiger charge is 2.32. The molecule has 1 aliphatic heterocycles. The minimum Gasteiger partial charge on any atom is -0.480 e. The Morgan fingerprint density at radius 1 is 0.750 bits per heavy atom. The second-order valence-corrected chi connectivity index (χ2v) is 7.28. The number of carboxylic acid groups (broad SMARTS) is 2. The molecule has 0 radical (unpaired) electrons. The number of rotatable bonds is 8. The lowest BCUT2D eigenvalue weighted by Gasteiger charge is -2.36. The van der Waals surface area contributed by atoms with E-state index in [1.165, 1.54) is 9.80 Å². The molecule has 1 aliphatic rings. The number of urea groups is 2. The van der Waals surface area contributed by atoms with E-state index in [2.05, 4.69) is 10.6 Å². The highest BCUT2D eigenvalue weighted by molar-refractivity contribution is 5.84. The van der Waals surface area contributed by atoms with Crippen LogP contribution in [0.15, 0.2) is 0 Å². The summed E-state index contributed by atoms with van der Waals surface area (Å²) < 4.78 is 0. The van der Waals surface area contributed by atoms with Crippen molar-refractivity contribution in [2.75, 3.05) is 26.2 Å². The molecule has 4 atom stereocenters. The Morgan fingerprint density at radius 3 is 1.25 bits per heavy atom. The SMILES string of the molecule is CCC(C)[C@@H](NC(=O)N1CCN(C(=O)N[C@@H](C(=O)O)C(C)CC)CC1)C(=O)O. The topological polar surface area (TPSA) is 139 Å². The summed E-state index contributed by atoms with van der Waals surface area (Å²) in [4.78, 5) is 50.4. The van der Waals surface area contributed by atoms with Crippen LogP contribution in [0.4, 0.5) is 9.59 Å². The molecule has 1 saturated heterocycles. The molecule has 0 aromatic heterocycles. The van der Waals surface area contributed by atoms with E-state index >= 15 is 0 Å². The Hall–Kier alpha value is -2.52. The first-order valence-corrected chi connectivity index (χ1v) is 9.68. The van der Waals surface area contributed by atoms with Crippen LogP contribution in [0, 0.1) is 11.8 Å². The van der Waals surface area contributed by atoms with Gasteiger partial charge in [0.2, 0.25) is 0 Å². The van der Waals surface area contributed by atoms with E-state index in [1.807, 2.05) is 13.8 Å². The molecule has 1 rings (SSSR count). The summed E-state index contributed by atoms with van der Waals surface area (Å²) in [6.07, 6.45) is 1.23. The van der Waals surface area contributed by atoms with E-state index in [1.54, 1.807) is 13.8 Å². The average Bonchev–Trinajstić information content (AvgIpc) is 2.68. The summed E-state index contributed by atoms with van der Waals surface area (Å²) in [5.41, 5.74) is 0. The normalized spacial score (nSPS) is 18.6. The third-order valence-electron chi connectivity index (χ3n) is 5.37. The monoisotopic (exact) mass is 400 g/mol. The van der Waals surface area contributed by atoms with Crippen LogP contribution in [-0.2, 0) is 9.59 Å². The maximum absolute atomic E-state index is 12.4. The number of nitrogens with one attached hydrogen (secondary N) is 2. The maximum Gasteiger partial charge on any atom is 0.326 e. The number of carboxylic acids is 2. The molecule has 1 fully saturated rings. The van der Waals surface area contributed by atoms with Crippen molar-refractivity contribution < 1.29 is 29.4 Å². The highest BCUT2D eigenvalue weighted by atomic mass is 16.4. The van der Waals surface area contributed by atoms with Crippen molar-refractivity contribution >= 4 is 24.0 Å². The Bertz CT molecular complexity index is 526. The predicted molar refractivity (Wildman–Crippen MR) is 102 cm³/mol. The van der Waals surface area contributed by atoms with Gasteiger partial charge in [0.05, 0.1) is 0 Å². The molecule has 28 heavy (non-hydrogen) atoms. The van der Waals surface area contributed by atoms with E-state index in [0.717, 1.165) is 0 Å². The molecular formula is C18H32N4O6. The minimum atomic E-state index is -1.08. The lowest BCUT2D eigenvalue weighted by molar-refractivity contribution is -0.141. The molecule has 1 heterocycles. The van der Waals surface area contributed by atoms with Crippen molar-refractivity contribution in [2.24, 2.45) is 11.8 Å². The van der Waals surface area contributed by atoms with Crippen molar-refractivity contribution in [2.45, 2.75) is 52.6 Å². The molecule has 0 aromatic carbocycles. The first-order valence-electron chi connectivity index (χ1n) is 9.68.